The summed E-state index contributed by atoms with van der Waals surface area (Å²) < 4.78 is 91.5. The maximum atomic E-state index is 12.2. The molecule has 14 heteroatoms. The van der Waals surface area contributed by atoms with Gasteiger partial charge in [-0.3, -0.25) is 14.3 Å². The first kappa shape index (κ1) is 22.8. The Bertz CT molecular complexity index is 893. The van der Waals surface area contributed by atoms with Crippen LogP contribution in [0.5, 0.6) is 0 Å². The SMILES string of the molecule is O=C(COC1CC(OC(F)(F)F)C1)NC12CC(c3nnc([C@@H]4CC4COC(F)(F)F)o3)(C1)C2. The van der Waals surface area contributed by atoms with Gasteiger partial charge in [-0.05, 0) is 31.6 Å². The van der Waals surface area contributed by atoms with Crippen molar-refractivity contribution in [3.8, 4) is 0 Å². The van der Waals surface area contributed by atoms with Crippen LogP contribution >= 0.6 is 0 Å². The van der Waals surface area contributed by atoms with Crippen molar-refractivity contribution in [1.82, 2.24) is 15.5 Å². The number of hydrogen-bond acceptors (Lipinski definition) is 7. The summed E-state index contributed by atoms with van der Waals surface area (Å²) in [7, 11) is 0. The van der Waals surface area contributed by atoms with Gasteiger partial charge in [0.2, 0.25) is 17.7 Å². The zero-order valence-corrected chi connectivity index (χ0v) is 17.2. The smallest absolute Gasteiger partial charge is 0.424 e. The van der Waals surface area contributed by atoms with Gasteiger partial charge in [0.15, 0.2) is 0 Å². The van der Waals surface area contributed by atoms with E-state index in [-0.39, 0.29) is 48.1 Å². The lowest BCUT2D eigenvalue weighted by Gasteiger charge is -2.68. The standard InChI is InChI=1S/C19H21F6N3O5/c20-18(21,22)31-4-9-1-12(9)14-27-28-15(32-14)16-6-17(7-16,8-16)26-13(29)5-30-10-2-11(3-10)33-19(23,24)25/h9-12H,1-8H2,(H,26,29)/t9?,10?,11?,12-,16?,17?/m1/s1. The first-order valence-electron chi connectivity index (χ1n) is 10.6. The van der Waals surface area contributed by atoms with Crippen molar-refractivity contribution in [3.05, 3.63) is 11.8 Å². The number of amides is 1. The molecule has 1 amide bonds. The van der Waals surface area contributed by atoms with Gasteiger partial charge in [0.1, 0.15) is 6.61 Å². The van der Waals surface area contributed by atoms with Crippen LogP contribution < -0.4 is 5.32 Å². The minimum Gasteiger partial charge on any atom is -0.424 e. The minimum atomic E-state index is -4.67. The average molecular weight is 485 g/mol. The molecule has 2 bridgehead atoms. The van der Waals surface area contributed by atoms with Gasteiger partial charge < -0.3 is 14.5 Å². The van der Waals surface area contributed by atoms with Crippen molar-refractivity contribution in [3.63, 3.8) is 0 Å². The number of nitrogens with zero attached hydrogens (tertiary/aromatic N) is 2. The Morgan fingerprint density at radius 2 is 1.73 bits per heavy atom. The lowest BCUT2D eigenvalue weighted by molar-refractivity contribution is -0.357. The molecular formula is C19H21F6N3O5. The first-order chi connectivity index (χ1) is 15.3. The van der Waals surface area contributed by atoms with Gasteiger partial charge in [-0.25, -0.2) is 0 Å². The Kier molecular flexibility index (Phi) is 5.22. The van der Waals surface area contributed by atoms with Gasteiger partial charge in [-0.2, -0.15) is 0 Å². The first-order valence-corrected chi connectivity index (χ1v) is 10.6. The Hall–Kier alpha value is -1.93. The van der Waals surface area contributed by atoms with Crippen molar-refractivity contribution in [1.29, 1.82) is 0 Å². The number of aromatic nitrogens is 2. The highest BCUT2D eigenvalue weighted by Gasteiger charge is 2.72. The molecule has 0 radical (unpaired) electrons. The minimum absolute atomic E-state index is 0.0880. The van der Waals surface area contributed by atoms with Crippen molar-refractivity contribution >= 4 is 5.91 Å². The second-order valence-corrected chi connectivity index (χ2v) is 9.53. The fraction of sp³-hybridized carbons (Fsp3) is 0.842. The fourth-order valence-corrected chi connectivity index (χ4v) is 5.15. The van der Waals surface area contributed by atoms with Gasteiger partial charge in [0.25, 0.3) is 0 Å². The molecule has 1 heterocycles. The molecule has 184 valence electrons. The molecule has 5 aliphatic carbocycles. The third kappa shape index (κ3) is 4.83. The number of hydrogen-bond donors (Lipinski definition) is 1. The van der Waals surface area contributed by atoms with E-state index in [0.717, 1.165) is 0 Å². The summed E-state index contributed by atoms with van der Waals surface area (Å²) in [6, 6.07) is 0. The topological polar surface area (TPSA) is 95.7 Å². The Labute approximate surface area is 183 Å². The number of carbonyl (C=O) groups excluding carboxylic acids is 1. The second-order valence-electron chi connectivity index (χ2n) is 9.53. The predicted molar refractivity (Wildman–Crippen MR) is 93.5 cm³/mol. The molecule has 0 aromatic carbocycles. The van der Waals surface area contributed by atoms with Crippen LogP contribution in [-0.4, -0.2) is 59.8 Å². The molecule has 1 aromatic heterocycles. The van der Waals surface area contributed by atoms with E-state index in [9.17, 15) is 31.1 Å². The predicted octanol–water partition coefficient (Wildman–Crippen LogP) is 3.08. The molecule has 0 aliphatic heterocycles. The molecule has 5 fully saturated rings. The molecule has 6 rings (SSSR count). The summed E-state index contributed by atoms with van der Waals surface area (Å²) >= 11 is 0. The van der Waals surface area contributed by atoms with E-state index in [4.69, 9.17) is 9.15 Å². The fourth-order valence-electron chi connectivity index (χ4n) is 5.15. The van der Waals surface area contributed by atoms with E-state index < -0.39 is 31.5 Å². The number of carbonyl (C=O) groups is 1. The van der Waals surface area contributed by atoms with E-state index in [1.165, 1.54) is 0 Å². The highest BCUT2D eigenvalue weighted by molar-refractivity contribution is 5.79. The van der Waals surface area contributed by atoms with Crippen molar-refractivity contribution < 1.29 is 49.8 Å². The number of nitrogens with one attached hydrogen (secondary N) is 1. The normalized spacial score (nSPS) is 37.0. The molecule has 8 nitrogen and oxygen atoms in total. The summed E-state index contributed by atoms with van der Waals surface area (Å²) in [5.74, 6) is -0.146. The van der Waals surface area contributed by atoms with Crippen LogP contribution in [0.25, 0.3) is 0 Å². The summed E-state index contributed by atoms with van der Waals surface area (Å²) in [5, 5.41) is 10.9. The second kappa shape index (κ2) is 7.54. The molecule has 1 aromatic rings. The van der Waals surface area contributed by atoms with Crippen LogP contribution in [-0.2, 0) is 24.4 Å². The monoisotopic (exact) mass is 485 g/mol. The van der Waals surface area contributed by atoms with Crippen molar-refractivity contribution in [2.45, 2.75) is 80.3 Å². The molecular weight excluding hydrogens is 464 g/mol. The number of alkyl halides is 6. The van der Waals surface area contributed by atoms with Crippen LogP contribution in [0.1, 0.15) is 56.2 Å². The van der Waals surface area contributed by atoms with Crippen LogP contribution in [0.3, 0.4) is 0 Å². The quantitative estimate of drug-likeness (QED) is 0.537. The lowest BCUT2D eigenvalue weighted by Crippen LogP contribution is -2.77. The Morgan fingerprint density at radius 1 is 1.03 bits per heavy atom. The maximum absolute atomic E-state index is 12.2. The third-order valence-electron chi connectivity index (χ3n) is 6.83. The van der Waals surface area contributed by atoms with Gasteiger partial charge in [0, 0.05) is 24.3 Å². The molecule has 1 N–H and O–H groups in total. The molecule has 33 heavy (non-hydrogen) atoms. The van der Waals surface area contributed by atoms with E-state index in [1.807, 2.05) is 0 Å². The van der Waals surface area contributed by atoms with Crippen LogP contribution in [0.4, 0.5) is 26.3 Å². The molecule has 5 aliphatic rings. The third-order valence-corrected chi connectivity index (χ3v) is 6.83. The highest BCUT2D eigenvalue weighted by atomic mass is 19.4. The molecule has 0 saturated heterocycles. The van der Waals surface area contributed by atoms with E-state index in [2.05, 4.69) is 25.0 Å². The van der Waals surface area contributed by atoms with Gasteiger partial charge in [-0.15, -0.1) is 36.5 Å². The van der Waals surface area contributed by atoms with Gasteiger partial charge >= 0.3 is 12.7 Å². The van der Waals surface area contributed by atoms with E-state index in [0.29, 0.717) is 37.5 Å². The number of rotatable bonds is 9. The zero-order chi connectivity index (χ0) is 23.6. The zero-order valence-electron chi connectivity index (χ0n) is 17.2. The number of halogens is 6. The maximum Gasteiger partial charge on any atom is 0.522 e. The molecule has 0 spiro atoms. The Morgan fingerprint density at radius 3 is 2.36 bits per heavy atom. The van der Waals surface area contributed by atoms with Crippen molar-refractivity contribution in [2.75, 3.05) is 13.2 Å². The molecule has 1 unspecified atom stereocenters. The number of ether oxygens (including phenoxy) is 3. The van der Waals surface area contributed by atoms with E-state index >= 15 is 0 Å². The Balaban J connectivity index is 1.01. The summed E-state index contributed by atoms with van der Waals surface area (Å²) in [6.07, 6.45) is -8.23. The largest absolute Gasteiger partial charge is 0.522 e. The summed E-state index contributed by atoms with van der Waals surface area (Å²) in [5.41, 5.74) is -0.721. The summed E-state index contributed by atoms with van der Waals surface area (Å²) in [4.78, 5) is 12.2. The van der Waals surface area contributed by atoms with E-state index in [1.54, 1.807) is 0 Å². The van der Waals surface area contributed by atoms with Crippen LogP contribution in [0.15, 0.2) is 4.42 Å². The van der Waals surface area contributed by atoms with Crippen molar-refractivity contribution in [2.24, 2.45) is 5.92 Å². The highest BCUT2D eigenvalue weighted by Crippen LogP contribution is 2.67. The van der Waals surface area contributed by atoms with Gasteiger partial charge in [-0.1, -0.05) is 0 Å². The van der Waals surface area contributed by atoms with Crippen LogP contribution in [0.2, 0.25) is 0 Å². The van der Waals surface area contributed by atoms with Gasteiger partial charge in [0.05, 0.1) is 24.2 Å². The van der Waals surface area contributed by atoms with Crippen LogP contribution in [0, 0.1) is 5.92 Å². The summed E-state index contributed by atoms with van der Waals surface area (Å²) in [6.45, 7) is -0.684. The molecule has 5 saturated carbocycles. The molecule has 2 atom stereocenters. The average Bonchev–Trinajstić information content (AvgIpc) is 3.22. The lowest BCUT2D eigenvalue weighted by atomic mass is 9.39.